The SMILES string of the molecule is C[C@@H](Nc1nc[nH]c2nc(-c3ccc(O)cc3)cc1-2)c1ccccc1.C[C@@H](Nc1ncnc2[nH]c(-c3ccc(O)cc3)cc12)c1ccccc1. The zero-order valence-electron chi connectivity index (χ0n) is 27.5. The maximum absolute atomic E-state index is 9.45. The summed E-state index contributed by atoms with van der Waals surface area (Å²) >= 11 is 0. The molecule has 248 valence electrons. The molecule has 8 rings (SSSR count). The number of benzene rings is 4. The molecule has 50 heavy (non-hydrogen) atoms. The molecule has 0 unspecified atom stereocenters. The van der Waals surface area contributed by atoms with E-state index in [0.29, 0.717) is 0 Å². The average Bonchev–Trinajstić information content (AvgIpc) is 3.80. The maximum Gasteiger partial charge on any atom is 0.143 e. The number of anilines is 2. The molecule has 10 heteroatoms. The van der Waals surface area contributed by atoms with Crippen LogP contribution in [0.15, 0.2) is 134 Å². The molecule has 10 nitrogen and oxygen atoms in total. The highest BCUT2D eigenvalue weighted by atomic mass is 16.3. The van der Waals surface area contributed by atoms with Gasteiger partial charge >= 0.3 is 0 Å². The fraction of sp³-hybridized carbons (Fsp3) is 0.100. The van der Waals surface area contributed by atoms with Crippen molar-refractivity contribution in [3.63, 3.8) is 0 Å². The number of nitrogens with one attached hydrogen (secondary N) is 4. The van der Waals surface area contributed by atoms with Crippen molar-refractivity contribution in [2.24, 2.45) is 0 Å². The third kappa shape index (κ3) is 7.09. The number of nitrogens with zero attached hydrogens (tertiary/aromatic N) is 4. The van der Waals surface area contributed by atoms with Gasteiger partial charge in [0, 0.05) is 23.3 Å². The summed E-state index contributed by atoms with van der Waals surface area (Å²) in [4.78, 5) is 24.2. The number of rotatable bonds is 8. The minimum atomic E-state index is 0.131. The van der Waals surface area contributed by atoms with Gasteiger partial charge in [0.15, 0.2) is 0 Å². The largest absolute Gasteiger partial charge is 0.508 e. The monoisotopic (exact) mass is 660 g/mol. The van der Waals surface area contributed by atoms with E-state index in [1.54, 1.807) is 36.9 Å². The van der Waals surface area contributed by atoms with Gasteiger partial charge in [-0.1, -0.05) is 60.7 Å². The third-order valence-electron chi connectivity index (χ3n) is 8.49. The predicted molar refractivity (Wildman–Crippen MR) is 198 cm³/mol. The van der Waals surface area contributed by atoms with E-state index >= 15 is 0 Å². The van der Waals surface area contributed by atoms with Crippen LogP contribution in [-0.4, -0.2) is 40.1 Å². The highest BCUT2D eigenvalue weighted by Crippen LogP contribution is 2.34. The van der Waals surface area contributed by atoms with Crippen LogP contribution in [0, 0.1) is 0 Å². The zero-order valence-corrected chi connectivity index (χ0v) is 27.5. The molecule has 0 radical (unpaired) electrons. The molecular formula is C40H36N8O2. The van der Waals surface area contributed by atoms with Crippen molar-refractivity contribution in [1.82, 2.24) is 29.9 Å². The van der Waals surface area contributed by atoms with Gasteiger partial charge in [0.25, 0.3) is 0 Å². The summed E-state index contributed by atoms with van der Waals surface area (Å²) in [5, 5.41) is 26.8. The molecule has 0 bridgehead atoms. The van der Waals surface area contributed by atoms with Crippen molar-refractivity contribution in [3.05, 3.63) is 145 Å². The summed E-state index contributed by atoms with van der Waals surface area (Å²) < 4.78 is 0. The smallest absolute Gasteiger partial charge is 0.143 e. The van der Waals surface area contributed by atoms with Crippen LogP contribution in [0.2, 0.25) is 0 Å². The van der Waals surface area contributed by atoms with Crippen molar-refractivity contribution in [3.8, 4) is 45.4 Å². The lowest BCUT2D eigenvalue weighted by Gasteiger charge is -2.16. The first-order valence-electron chi connectivity index (χ1n) is 16.3. The number of aromatic hydroxyl groups is 2. The van der Waals surface area contributed by atoms with E-state index in [2.05, 4.69) is 78.7 Å². The highest BCUT2D eigenvalue weighted by molar-refractivity contribution is 5.91. The Balaban J connectivity index is 0.000000157. The van der Waals surface area contributed by atoms with Crippen molar-refractivity contribution < 1.29 is 10.2 Å². The molecule has 2 aliphatic rings. The number of phenolic OH excluding ortho intramolecular Hbond substituents is 2. The molecule has 0 amide bonds. The average molecular weight is 661 g/mol. The zero-order chi connectivity index (χ0) is 34.5. The van der Waals surface area contributed by atoms with Gasteiger partial charge in [-0.3, -0.25) is 0 Å². The minimum absolute atomic E-state index is 0.131. The number of phenols is 2. The number of H-pyrrole nitrogens is 2. The number of aromatic amines is 2. The molecule has 0 saturated carbocycles. The van der Waals surface area contributed by atoms with Crippen molar-refractivity contribution in [1.29, 1.82) is 0 Å². The lowest BCUT2D eigenvalue weighted by molar-refractivity contribution is 0.475. The van der Waals surface area contributed by atoms with E-state index < -0.39 is 0 Å². The summed E-state index contributed by atoms with van der Waals surface area (Å²) in [7, 11) is 0. The Morgan fingerprint density at radius 2 is 1.20 bits per heavy atom. The van der Waals surface area contributed by atoms with E-state index in [1.807, 2.05) is 72.8 Å². The highest BCUT2D eigenvalue weighted by Gasteiger charge is 2.18. The van der Waals surface area contributed by atoms with Crippen molar-refractivity contribution in [2.45, 2.75) is 25.9 Å². The molecule has 2 atom stereocenters. The number of fused-ring (bicyclic) bond motifs is 2. The van der Waals surface area contributed by atoms with Gasteiger partial charge in [0.1, 0.15) is 40.9 Å². The third-order valence-corrected chi connectivity index (χ3v) is 8.49. The molecule has 6 N–H and O–H groups in total. The first-order valence-corrected chi connectivity index (χ1v) is 16.3. The quantitative estimate of drug-likeness (QED) is 0.0947. The van der Waals surface area contributed by atoms with Crippen LogP contribution in [-0.2, 0) is 0 Å². The van der Waals surface area contributed by atoms with Gasteiger partial charge in [0.05, 0.1) is 23.0 Å². The van der Waals surface area contributed by atoms with E-state index in [1.165, 1.54) is 11.1 Å². The Labute approximate surface area is 289 Å². The van der Waals surface area contributed by atoms with E-state index in [0.717, 1.165) is 56.6 Å². The summed E-state index contributed by atoms with van der Waals surface area (Å²) in [5.74, 6) is 2.86. The van der Waals surface area contributed by atoms with Crippen molar-refractivity contribution in [2.75, 3.05) is 10.6 Å². The second-order valence-corrected chi connectivity index (χ2v) is 12.0. The Morgan fingerprint density at radius 1 is 0.620 bits per heavy atom. The molecule has 4 heterocycles. The van der Waals surface area contributed by atoms with Gasteiger partial charge in [0.2, 0.25) is 0 Å². The van der Waals surface area contributed by atoms with E-state index in [4.69, 9.17) is 0 Å². The van der Waals surface area contributed by atoms with Crippen LogP contribution in [0.3, 0.4) is 0 Å². The molecule has 0 fully saturated rings. The fourth-order valence-corrected chi connectivity index (χ4v) is 5.74. The minimum Gasteiger partial charge on any atom is -0.508 e. The molecule has 2 aliphatic heterocycles. The first-order chi connectivity index (χ1) is 24.4. The maximum atomic E-state index is 9.45. The van der Waals surface area contributed by atoms with Gasteiger partial charge in [-0.15, -0.1) is 0 Å². The second kappa shape index (κ2) is 14.2. The topological polar surface area (TPSA) is 148 Å². The van der Waals surface area contributed by atoms with Gasteiger partial charge in [-0.25, -0.2) is 19.9 Å². The van der Waals surface area contributed by atoms with Gasteiger partial charge in [-0.05, 0) is 91.2 Å². The fourth-order valence-electron chi connectivity index (χ4n) is 5.74. The van der Waals surface area contributed by atoms with Crippen LogP contribution < -0.4 is 10.6 Å². The van der Waals surface area contributed by atoms with Gasteiger partial charge in [-0.2, -0.15) is 0 Å². The van der Waals surface area contributed by atoms with Crippen LogP contribution in [0.25, 0.3) is 44.9 Å². The van der Waals surface area contributed by atoms with Crippen LogP contribution in [0.1, 0.15) is 37.1 Å². The summed E-state index contributed by atoms with van der Waals surface area (Å²) in [6.07, 6.45) is 3.20. The van der Waals surface area contributed by atoms with E-state index in [-0.39, 0.29) is 23.6 Å². The molecule has 2 aromatic heterocycles. The molecule has 6 aromatic rings. The molecule has 4 aromatic carbocycles. The first kappa shape index (κ1) is 31.9. The molecule has 0 spiro atoms. The lowest BCUT2D eigenvalue weighted by atomic mass is 10.1. The second-order valence-electron chi connectivity index (χ2n) is 12.0. The van der Waals surface area contributed by atoms with Crippen LogP contribution in [0.4, 0.5) is 11.6 Å². The number of hydrogen-bond acceptors (Lipinski definition) is 8. The number of aromatic nitrogens is 6. The van der Waals surface area contributed by atoms with E-state index in [9.17, 15) is 10.2 Å². The normalized spacial score (nSPS) is 12.2. The van der Waals surface area contributed by atoms with Crippen molar-refractivity contribution >= 4 is 22.7 Å². The summed E-state index contributed by atoms with van der Waals surface area (Å²) in [6.45, 7) is 4.22. The molecule has 0 aliphatic carbocycles. The lowest BCUT2D eigenvalue weighted by Crippen LogP contribution is -2.09. The van der Waals surface area contributed by atoms with Crippen LogP contribution >= 0.6 is 0 Å². The summed E-state index contributed by atoms with van der Waals surface area (Å²) in [5.41, 5.74) is 7.82. The van der Waals surface area contributed by atoms with Gasteiger partial charge < -0.3 is 30.8 Å². The molecular weight excluding hydrogens is 624 g/mol. The Kier molecular flexibility index (Phi) is 9.06. The standard InChI is InChI=1S/2C20H18N4O/c2*1-13(14-5-3-2-4-6-14)23-19-17-11-18(24-20(17)22-12-21-19)15-7-9-16(25)10-8-15/h2*2-13,25H,1H3,(H2,21,22,23,24)/t2*13-/m11/s1. The van der Waals surface area contributed by atoms with Crippen LogP contribution in [0.5, 0.6) is 11.5 Å². The Morgan fingerprint density at radius 3 is 1.82 bits per heavy atom. The Bertz CT molecular complexity index is 2220. The molecule has 0 saturated heterocycles. The summed E-state index contributed by atoms with van der Waals surface area (Å²) in [6, 6.07) is 38.9. The number of hydrogen-bond donors (Lipinski definition) is 6. The predicted octanol–water partition coefficient (Wildman–Crippen LogP) is 8.96. The Hall–Kier alpha value is -6.68.